The third-order valence-corrected chi connectivity index (χ3v) is 4.42. The van der Waals surface area contributed by atoms with Crippen molar-refractivity contribution >= 4 is 15.5 Å². The Kier molecular flexibility index (Phi) is 4.38. The molecule has 0 aliphatic rings. The number of nitrogens with one attached hydrogen (secondary N) is 1. The third-order valence-electron chi connectivity index (χ3n) is 2.89. The summed E-state index contributed by atoms with van der Waals surface area (Å²) in [6.45, 7) is 5.18. The second-order valence-electron chi connectivity index (χ2n) is 4.95. The lowest BCUT2D eigenvalue weighted by atomic mass is 10.0. The van der Waals surface area contributed by atoms with Gasteiger partial charge in [-0.3, -0.25) is 0 Å². The van der Waals surface area contributed by atoms with Crippen LogP contribution in [0.15, 0.2) is 23.1 Å². The highest BCUT2D eigenvalue weighted by molar-refractivity contribution is 7.92. The van der Waals surface area contributed by atoms with E-state index in [1.807, 2.05) is 0 Å². The molecule has 0 saturated heterocycles. The van der Waals surface area contributed by atoms with Crippen LogP contribution in [0.5, 0.6) is 0 Å². The van der Waals surface area contributed by atoms with Crippen molar-refractivity contribution in [2.24, 2.45) is 0 Å². The van der Waals surface area contributed by atoms with Gasteiger partial charge in [-0.1, -0.05) is 6.92 Å². The number of anilines is 1. The van der Waals surface area contributed by atoms with E-state index in [1.54, 1.807) is 20.8 Å². The van der Waals surface area contributed by atoms with Crippen molar-refractivity contribution in [2.45, 2.75) is 43.1 Å². The number of rotatable bonds is 4. The molecule has 0 amide bonds. The highest BCUT2D eigenvalue weighted by atomic mass is 32.2. The van der Waals surface area contributed by atoms with E-state index in [1.165, 1.54) is 0 Å². The van der Waals surface area contributed by atoms with E-state index in [0.29, 0.717) is 12.5 Å². The Morgan fingerprint density at radius 1 is 1.20 bits per heavy atom. The molecule has 8 heteroatoms. The standard InChI is InChI=1S/C12H15F4NO2S/c1-4-11(2,3)17-9-6-5-8(13)7-10(9)20(18,19)12(14,15)16/h5-7,17H,4H2,1-3H3. The number of hydrogen-bond acceptors (Lipinski definition) is 3. The molecule has 0 aliphatic heterocycles. The van der Waals surface area contributed by atoms with Crippen molar-refractivity contribution in [3.63, 3.8) is 0 Å². The summed E-state index contributed by atoms with van der Waals surface area (Å²) in [5.74, 6) is -1.05. The smallest absolute Gasteiger partial charge is 0.379 e. The van der Waals surface area contributed by atoms with Gasteiger partial charge in [0.2, 0.25) is 0 Å². The Morgan fingerprint density at radius 3 is 2.20 bits per heavy atom. The van der Waals surface area contributed by atoms with Gasteiger partial charge in [0.1, 0.15) is 10.7 Å². The molecule has 0 aliphatic carbocycles. The molecule has 1 rings (SSSR count). The predicted octanol–water partition coefficient (Wildman–Crippen LogP) is 3.72. The van der Waals surface area contributed by atoms with E-state index >= 15 is 0 Å². The summed E-state index contributed by atoms with van der Waals surface area (Å²) in [6, 6.07) is 2.27. The van der Waals surface area contributed by atoms with Crippen LogP contribution in [0.2, 0.25) is 0 Å². The van der Waals surface area contributed by atoms with Gasteiger partial charge in [-0.2, -0.15) is 13.2 Å². The molecule has 0 atom stereocenters. The first-order chi connectivity index (χ1) is 8.90. The highest BCUT2D eigenvalue weighted by Crippen LogP contribution is 2.36. The molecule has 3 nitrogen and oxygen atoms in total. The zero-order valence-corrected chi connectivity index (χ0v) is 12.0. The van der Waals surface area contributed by atoms with Crippen molar-refractivity contribution < 1.29 is 26.0 Å². The normalized spacial score (nSPS) is 13.3. The first kappa shape index (κ1) is 16.7. The number of hydrogen-bond donors (Lipinski definition) is 1. The van der Waals surface area contributed by atoms with Crippen LogP contribution in [0.4, 0.5) is 23.2 Å². The van der Waals surface area contributed by atoms with Gasteiger partial charge in [0, 0.05) is 5.54 Å². The monoisotopic (exact) mass is 313 g/mol. The van der Waals surface area contributed by atoms with Gasteiger partial charge in [-0.25, -0.2) is 12.8 Å². The van der Waals surface area contributed by atoms with Crippen LogP contribution in [0.1, 0.15) is 27.2 Å². The molecule has 0 aromatic heterocycles. The fraction of sp³-hybridized carbons (Fsp3) is 0.500. The van der Waals surface area contributed by atoms with Crippen molar-refractivity contribution in [3.05, 3.63) is 24.0 Å². The number of halogens is 4. The molecule has 1 aromatic carbocycles. The average molecular weight is 313 g/mol. The van der Waals surface area contributed by atoms with Crippen LogP contribution < -0.4 is 5.32 Å². The van der Waals surface area contributed by atoms with E-state index in [9.17, 15) is 26.0 Å². The Labute approximate surface area is 114 Å². The molecule has 20 heavy (non-hydrogen) atoms. The van der Waals surface area contributed by atoms with Crippen molar-refractivity contribution in [2.75, 3.05) is 5.32 Å². The largest absolute Gasteiger partial charge is 0.501 e. The maximum absolute atomic E-state index is 13.1. The lowest BCUT2D eigenvalue weighted by molar-refractivity contribution is -0.0435. The molecule has 0 unspecified atom stereocenters. The molecule has 0 radical (unpaired) electrons. The topological polar surface area (TPSA) is 46.2 Å². The minimum absolute atomic E-state index is 0.268. The van der Waals surface area contributed by atoms with Gasteiger partial charge in [0.15, 0.2) is 0 Å². The van der Waals surface area contributed by atoms with Crippen molar-refractivity contribution in [1.82, 2.24) is 0 Å². The first-order valence-electron chi connectivity index (χ1n) is 5.80. The van der Waals surface area contributed by atoms with Gasteiger partial charge in [0.25, 0.3) is 9.84 Å². The number of sulfone groups is 1. The second-order valence-corrected chi connectivity index (χ2v) is 6.86. The number of alkyl halides is 3. The lowest BCUT2D eigenvalue weighted by Crippen LogP contribution is -2.32. The third kappa shape index (κ3) is 3.41. The van der Waals surface area contributed by atoms with Crippen molar-refractivity contribution in [3.8, 4) is 0 Å². The molecule has 0 fully saturated rings. The summed E-state index contributed by atoms with van der Waals surface area (Å²) in [4.78, 5) is -1.11. The number of benzene rings is 1. The van der Waals surface area contributed by atoms with Crippen LogP contribution in [0, 0.1) is 5.82 Å². The van der Waals surface area contributed by atoms with Gasteiger partial charge in [-0.05, 0) is 38.5 Å². The zero-order valence-electron chi connectivity index (χ0n) is 11.2. The van der Waals surface area contributed by atoms with Crippen LogP contribution in [0.3, 0.4) is 0 Å². The molecular weight excluding hydrogens is 298 g/mol. The Hall–Kier alpha value is -1.31. The fourth-order valence-corrected chi connectivity index (χ4v) is 2.33. The van der Waals surface area contributed by atoms with Crippen LogP contribution in [0.25, 0.3) is 0 Å². The van der Waals surface area contributed by atoms with Gasteiger partial charge >= 0.3 is 5.51 Å². The van der Waals surface area contributed by atoms with Crippen LogP contribution in [-0.4, -0.2) is 19.5 Å². The molecule has 114 valence electrons. The lowest BCUT2D eigenvalue weighted by Gasteiger charge is -2.27. The highest BCUT2D eigenvalue weighted by Gasteiger charge is 2.48. The minimum atomic E-state index is -5.61. The van der Waals surface area contributed by atoms with Crippen LogP contribution >= 0.6 is 0 Å². The van der Waals surface area contributed by atoms with Gasteiger partial charge in [0.05, 0.1) is 5.69 Å². The first-order valence-corrected chi connectivity index (χ1v) is 7.28. The summed E-state index contributed by atoms with van der Waals surface area (Å²) in [5.41, 5.74) is -6.38. The molecule has 0 heterocycles. The Morgan fingerprint density at radius 2 is 1.75 bits per heavy atom. The van der Waals surface area contributed by atoms with Crippen LogP contribution in [-0.2, 0) is 9.84 Å². The molecule has 0 saturated carbocycles. The Bertz CT molecular complexity index is 594. The summed E-state index contributed by atoms with van der Waals surface area (Å²) in [5, 5.41) is 2.70. The summed E-state index contributed by atoms with van der Waals surface area (Å²) in [7, 11) is -5.61. The second kappa shape index (κ2) is 5.23. The van der Waals surface area contributed by atoms with E-state index < -0.39 is 31.6 Å². The molecular formula is C12H15F4NO2S. The predicted molar refractivity (Wildman–Crippen MR) is 67.6 cm³/mol. The van der Waals surface area contributed by atoms with Crippen molar-refractivity contribution in [1.29, 1.82) is 0 Å². The van der Waals surface area contributed by atoms with Gasteiger partial charge in [-0.15, -0.1) is 0 Å². The van der Waals surface area contributed by atoms with E-state index in [2.05, 4.69) is 5.32 Å². The molecule has 0 bridgehead atoms. The SMILES string of the molecule is CCC(C)(C)Nc1ccc(F)cc1S(=O)(=O)C(F)(F)F. The molecule has 0 spiro atoms. The summed E-state index contributed by atoms with van der Waals surface area (Å²) in [6.07, 6.45) is 0.538. The summed E-state index contributed by atoms with van der Waals surface area (Å²) < 4.78 is 73.9. The molecule has 1 aromatic rings. The summed E-state index contributed by atoms with van der Waals surface area (Å²) >= 11 is 0. The van der Waals surface area contributed by atoms with E-state index in [0.717, 1.165) is 12.1 Å². The zero-order chi connectivity index (χ0) is 15.8. The minimum Gasteiger partial charge on any atom is -0.379 e. The van der Waals surface area contributed by atoms with E-state index in [-0.39, 0.29) is 5.69 Å². The fourth-order valence-electron chi connectivity index (χ4n) is 1.40. The maximum Gasteiger partial charge on any atom is 0.501 e. The quantitative estimate of drug-likeness (QED) is 0.862. The molecule has 1 N–H and O–H groups in total. The average Bonchev–Trinajstić information content (AvgIpc) is 2.29. The Balaban J connectivity index is 3.44. The van der Waals surface area contributed by atoms with E-state index in [4.69, 9.17) is 0 Å². The van der Waals surface area contributed by atoms with Gasteiger partial charge < -0.3 is 5.32 Å². The maximum atomic E-state index is 13.1.